The minimum absolute atomic E-state index is 0.289. The van der Waals surface area contributed by atoms with Crippen LogP contribution in [0.25, 0.3) is 11.6 Å². The van der Waals surface area contributed by atoms with Gasteiger partial charge in [0.2, 0.25) is 0 Å². The maximum absolute atomic E-state index is 11.4. The quantitative estimate of drug-likeness (QED) is 0.744. The van der Waals surface area contributed by atoms with Gasteiger partial charge in [-0.1, -0.05) is 19.2 Å². The molecule has 0 aliphatic heterocycles. The van der Waals surface area contributed by atoms with E-state index in [2.05, 4.69) is 13.2 Å². The van der Waals surface area contributed by atoms with Crippen molar-refractivity contribution in [3.8, 4) is 0 Å². The number of carbonyl (C=O) groups is 1. The van der Waals surface area contributed by atoms with Gasteiger partial charge < -0.3 is 4.74 Å². The molecule has 1 aromatic rings. The molecule has 1 fully saturated rings. The molecule has 3 heteroatoms. The molecule has 0 aromatic carbocycles. The number of esters is 1. The molecule has 1 heterocycles. The van der Waals surface area contributed by atoms with Gasteiger partial charge in [-0.25, -0.2) is 4.79 Å². The largest absolute Gasteiger partial charge is 0.465 e. The summed E-state index contributed by atoms with van der Waals surface area (Å²) in [4.78, 5) is 13.1. The van der Waals surface area contributed by atoms with E-state index in [1.807, 2.05) is 6.07 Å². The van der Waals surface area contributed by atoms with Crippen molar-refractivity contribution in [3.63, 3.8) is 0 Å². The smallest absolute Gasteiger partial charge is 0.348 e. The predicted octanol–water partition coefficient (Wildman–Crippen LogP) is 3.60. The molecule has 16 heavy (non-hydrogen) atoms. The Balaban J connectivity index is 2.35. The molecular weight excluding hydrogens is 220 g/mol. The first kappa shape index (κ1) is 11.1. The fourth-order valence-electron chi connectivity index (χ4n) is 1.63. The predicted molar refractivity (Wildman–Crippen MR) is 67.5 cm³/mol. The van der Waals surface area contributed by atoms with Gasteiger partial charge >= 0.3 is 5.97 Å². The molecule has 0 saturated heterocycles. The Kier molecular flexibility index (Phi) is 2.97. The van der Waals surface area contributed by atoms with E-state index in [-0.39, 0.29) is 5.97 Å². The van der Waals surface area contributed by atoms with E-state index in [0.717, 1.165) is 16.0 Å². The molecule has 0 amide bonds. The Morgan fingerprint density at radius 1 is 1.62 bits per heavy atom. The van der Waals surface area contributed by atoms with Crippen molar-refractivity contribution in [3.05, 3.63) is 34.5 Å². The highest BCUT2D eigenvalue weighted by atomic mass is 32.1. The highest BCUT2D eigenvalue weighted by Gasteiger charge is 2.28. The zero-order chi connectivity index (χ0) is 11.7. The van der Waals surface area contributed by atoms with Gasteiger partial charge in [-0.05, 0) is 36.0 Å². The molecule has 0 spiro atoms. The Bertz CT molecular complexity index is 452. The third-order valence-corrected chi connectivity index (χ3v) is 3.94. The van der Waals surface area contributed by atoms with E-state index in [9.17, 15) is 4.79 Å². The van der Waals surface area contributed by atoms with E-state index >= 15 is 0 Å². The molecule has 0 unspecified atom stereocenters. The number of allylic oxidation sites excluding steroid dienone is 1. The van der Waals surface area contributed by atoms with Crippen LogP contribution in [0, 0.1) is 5.92 Å². The lowest BCUT2D eigenvalue weighted by Gasteiger charge is -2.01. The summed E-state index contributed by atoms with van der Waals surface area (Å²) in [6.07, 6.45) is 4.19. The number of carbonyl (C=O) groups excluding carboxylic acids is 1. The monoisotopic (exact) mass is 234 g/mol. The van der Waals surface area contributed by atoms with Crippen molar-refractivity contribution in [2.24, 2.45) is 5.92 Å². The average Bonchev–Trinajstić information content (AvgIpc) is 3.06. The number of hydrogen-bond acceptors (Lipinski definition) is 3. The summed E-state index contributed by atoms with van der Waals surface area (Å²) in [5.74, 6) is 0.311. The van der Waals surface area contributed by atoms with Crippen molar-refractivity contribution < 1.29 is 9.53 Å². The SMILES string of the molecule is C=Cc1cc(C(=O)OC)sc1C(=C)C1CC1. The first-order valence-electron chi connectivity index (χ1n) is 5.21. The second kappa shape index (κ2) is 4.26. The number of ether oxygens (including phenoxy) is 1. The van der Waals surface area contributed by atoms with E-state index in [4.69, 9.17) is 4.74 Å². The van der Waals surface area contributed by atoms with Gasteiger partial charge in [0.1, 0.15) is 4.88 Å². The van der Waals surface area contributed by atoms with Gasteiger partial charge in [-0.15, -0.1) is 11.3 Å². The second-order valence-corrected chi connectivity index (χ2v) is 4.94. The first-order valence-corrected chi connectivity index (χ1v) is 6.02. The van der Waals surface area contributed by atoms with Crippen LogP contribution in [-0.4, -0.2) is 13.1 Å². The Labute approximate surface area is 99.2 Å². The zero-order valence-corrected chi connectivity index (χ0v) is 10.1. The minimum Gasteiger partial charge on any atom is -0.465 e. The van der Waals surface area contributed by atoms with Crippen molar-refractivity contribution in [1.29, 1.82) is 0 Å². The second-order valence-electron chi connectivity index (χ2n) is 3.89. The van der Waals surface area contributed by atoms with Gasteiger partial charge in [-0.2, -0.15) is 0 Å². The zero-order valence-electron chi connectivity index (χ0n) is 9.29. The molecule has 1 aliphatic rings. The summed E-state index contributed by atoms with van der Waals surface area (Å²) in [6.45, 7) is 7.87. The molecule has 0 radical (unpaired) electrons. The average molecular weight is 234 g/mol. The van der Waals surface area contributed by atoms with Crippen molar-refractivity contribution >= 4 is 29.0 Å². The maximum atomic E-state index is 11.4. The lowest BCUT2D eigenvalue weighted by Crippen LogP contribution is -1.96. The Hall–Kier alpha value is -1.35. The highest BCUT2D eigenvalue weighted by molar-refractivity contribution is 7.15. The molecule has 1 aliphatic carbocycles. The summed E-state index contributed by atoms with van der Waals surface area (Å²) >= 11 is 1.45. The lowest BCUT2D eigenvalue weighted by molar-refractivity contribution is 0.0606. The van der Waals surface area contributed by atoms with Crippen molar-refractivity contribution in [1.82, 2.24) is 0 Å². The third kappa shape index (κ3) is 1.95. The molecule has 1 aromatic heterocycles. The topological polar surface area (TPSA) is 26.3 Å². The fourth-order valence-corrected chi connectivity index (χ4v) is 2.76. The van der Waals surface area contributed by atoms with E-state index in [1.54, 1.807) is 6.08 Å². The van der Waals surface area contributed by atoms with Gasteiger partial charge in [-0.3, -0.25) is 0 Å². The normalized spacial score (nSPS) is 14.6. The van der Waals surface area contributed by atoms with Gasteiger partial charge in [0.15, 0.2) is 0 Å². The van der Waals surface area contributed by atoms with Crippen LogP contribution in [0.1, 0.15) is 33.0 Å². The molecule has 84 valence electrons. The standard InChI is InChI=1S/C13H14O2S/c1-4-9-7-11(13(14)15-3)16-12(9)8(2)10-5-6-10/h4,7,10H,1-2,5-6H2,3H3. The first-order chi connectivity index (χ1) is 7.67. The van der Waals surface area contributed by atoms with Gasteiger partial charge in [0.25, 0.3) is 0 Å². The summed E-state index contributed by atoms with van der Waals surface area (Å²) < 4.78 is 4.71. The highest BCUT2D eigenvalue weighted by Crippen LogP contribution is 2.44. The van der Waals surface area contributed by atoms with Crippen LogP contribution in [0.15, 0.2) is 19.2 Å². The Morgan fingerprint density at radius 3 is 2.81 bits per heavy atom. The van der Waals surface area contributed by atoms with Crippen LogP contribution in [0.3, 0.4) is 0 Å². The Morgan fingerprint density at radius 2 is 2.31 bits per heavy atom. The summed E-state index contributed by atoms with van der Waals surface area (Å²) in [5, 5.41) is 0. The molecular formula is C13H14O2S. The van der Waals surface area contributed by atoms with E-state index in [0.29, 0.717) is 10.8 Å². The molecule has 2 rings (SSSR count). The minimum atomic E-state index is -0.289. The summed E-state index contributed by atoms with van der Waals surface area (Å²) in [6, 6.07) is 1.83. The number of hydrogen-bond donors (Lipinski definition) is 0. The summed E-state index contributed by atoms with van der Waals surface area (Å²) in [5.41, 5.74) is 2.12. The van der Waals surface area contributed by atoms with Gasteiger partial charge in [0.05, 0.1) is 7.11 Å². The van der Waals surface area contributed by atoms with Crippen LogP contribution in [-0.2, 0) is 4.74 Å². The molecule has 0 N–H and O–H groups in total. The van der Waals surface area contributed by atoms with Crippen molar-refractivity contribution in [2.45, 2.75) is 12.8 Å². The molecule has 1 saturated carbocycles. The van der Waals surface area contributed by atoms with Crippen LogP contribution in [0.2, 0.25) is 0 Å². The maximum Gasteiger partial charge on any atom is 0.348 e. The molecule has 2 nitrogen and oxygen atoms in total. The van der Waals surface area contributed by atoms with Crippen LogP contribution < -0.4 is 0 Å². The van der Waals surface area contributed by atoms with E-state index < -0.39 is 0 Å². The number of thiophene rings is 1. The van der Waals surface area contributed by atoms with E-state index in [1.165, 1.54) is 31.3 Å². The van der Waals surface area contributed by atoms with Crippen LogP contribution in [0.5, 0.6) is 0 Å². The van der Waals surface area contributed by atoms with Crippen molar-refractivity contribution in [2.75, 3.05) is 7.11 Å². The van der Waals surface area contributed by atoms with Gasteiger partial charge in [0, 0.05) is 4.88 Å². The van der Waals surface area contributed by atoms with Crippen LogP contribution in [0.4, 0.5) is 0 Å². The lowest BCUT2D eigenvalue weighted by atomic mass is 10.1. The number of rotatable bonds is 4. The fraction of sp³-hybridized carbons (Fsp3) is 0.308. The summed E-state index contributed by atoms with van der Waals surface area (Å²) in [7, 11) is 1.39. The van der Waals surface area contributed by atoms with Crippen LogP contribution >= 0.6 is 11.3 Å². The molecule has 0 bridgehead atoms. The number of methoxy groups -OCH3 is 1. The molecule has 0 atom stereocenters. The third-order valence-electron chi connectivity index (χ3n) is 2.73.